The number of piperidine rings is 1. The van der Waals surface area contributed by atoms with Crippen molar-refractivity contribution in [3.63, 3.8) is 0 Å². The number of hydrogen-bond acceptors (Lipinski definition) is 6. The summed E-state index contributed by atoms with van der Waals surface area (Å²) in [5, 5.41) is 9.60. The predicted molar refractivity (Wildman–Crippen MR) is 127 cm³/mol. The number of aromatic nitrogens is 4. The van der Waals surface area contributed by atoms with Crippen molar-refractivity contribution in [2.45, 2.75) is 25.8 Å². The van der Waals surface area contributed by atoms with Crippen LogP contribution in [0.15, 0.2) is 45.7 Å². The van der Waals surface area contributed by atoms with Crippen LogP contribution in [0.3, 0.4) is 0 Å². The second-order valence-electron chi connectivity index (χ2n) is 7.93. The minimum Gasteiger partial charge on any atom is -0.493 e. The zero-order valence-corrected chi connectivity index (χ0v) is 19.6. The van der Waals surface area contributed by atoms with Crippen LogP contribution in [0, 0.1) is 0 Å². The molecule has 0 saturated carbocycles. The van der Waals surface area contributed by atoms with Gasteiger partial charge in [0, 0.05) is 17.6 Å². The fraction of sp³-hybridized carbons (Fsp3) is 0.348. The van der Waals surface area contributed by atoms with Crippen LogP contribution in [0.4, 0.5) is 5.95 Å². The Morgan fingerprint density at radius 3 is 2.50 bits per heavy atom. The molecule has 0 aliphatic carbocycles. The molecule has 2 aromatic heterocycles. The fourth-order valence-corrected chi connectivity index (χ4v) is 4.73. The Balaban J connectivity index is 1.72. The van der Waals surface area contributed by atoms with Crippen molar-refractivity contribution in [1.29, 1.82) is 0 Å². The van der Waals surface area contributed by atoms with E-state index >= 15 is 0 Å². The Hall–Kier alpha value is -3.07. The number of rotatable bonds is 5. The van der Waals surface area contributed by atoms with Crippen LogP contribution in [0.5, 0.6) is 11.5 Å². The van der Waals surface area contributed by atoms with Gasteiger partial charge in [-0.3, -0.25) is 9.36 Å². The lowest BCUT2D eigenvalue weighted by molar-refractivity contribution is 0.354. The number of benzene rings is 2. The van der Waals surface area contributed by atoms with Gasteiger partial charge in [-0.1, -0.05) is 22.0 Å². The lowest BCUT2D eigenvalue weighted by atomic mass is 10.1. The van der Waals surface area contributed by atoms with Crippen molar-refractivity contribution in [3.8, 4) is 11.5 Å². The molecule has 0 bridgehead atoms. The SMILES string of the molecule is COc1ccc(Cn2c(=O)c3cc(Br)ccc3n3c(N4CCCCC4)nnc23)cc1OC. The fourth-order valence-electron chi connectivity index (χ4n) is 4.37. The normalized spacial score (nSPS) is 14.3. The van der Waals surface area contributed by atoms with Crippen molar-refractivity contribution in [3.05, 3.63) is 56.8 Å². The maximum atomic E-state index is 13.6. The quantitative estimate of drug-likeness (QED) is 0.416. The first-order valence-electron chi connectivity index (χ1n) is 10.6. The molecule has 0 spiro atoms. The number of ether oxygens (including phenoxy) is 2. The van der Waals surface area contributed by atoms with E-state index in [1.54, 1.807) is 18.8 Å². The average molecular weight is 498 g/mol. The molecule has 32 heavy (non-hydrogen) atoms. The first-order chi connectivity index (χ1) is 15.6. The highest BCUT2D eigenvalue weighted by Crippen LogP contribution is 2.29. The van der Waals surface area contributed by atoms with E-state index in [1.807, 2.05) is 40.8 Å². The van der Waals surface area contributed by atoms with E-state index in [1.165, 1.54) is 6.42 Å². The van der Waals surface area contributed by atoms with Crippen LogP contribution in [-0.2, 0) is 6.54 Å². The van der Waals surface area contributed by atoms with Crippen molar-refractivity contribution in [1.82, 2.24) is 19.2 Å². The van der Waals surface area contributed by atoms with Crippen LogP contribution >= 0.6 is 15.9 Å². The van der Waals surface area contributed by atoms with Gasteiger partial charge in [0.1, 0.15) is 0 Å². The highest BCUT2D eigenvalue weighted by molar-refractivity contribution is 9.10. The van der Waals surface area contributed by atoms with Crippen LogP contribution in [0.1, 0.15) is 24.8 Å². The van der Waals surface area contributed by atoms with Gasteiger partial charge >= 0.3 is 0 Å². The predicted octanol–water partition coefficient (Wildman–Crippen LogP) is 3.86. The smallest absolute Gasteiger partial charge is 0.263 e. The molecule has 5 rings (SSSR count). The van der Waals surface area contributed by atoms with Gasteiger partial charge in [-0.2, -0.15) is 0 Å². The molecule has 9 heteroatoms. The van der Waals surface area contributed by atoms with Gasteiger partial charge in [-0.05, 0) is 55.2 Å². The second-order valence-corrected chi connectivity index (χ2v) is 8.84. The summed E-state index contributed by atoms with van der Waals surface area (Å²) in [6.07, 6.45) is 3.48. The molecule has 0 unspecified atom stereocenters. The van der Waals surface area contributed by atoms with Crippen LogP contribution in [-0.4, -0.2) is 46.5 Å². The first-order valence-corrected chi connectivity index (χ1v) is 11.4. The van der Waals surface area contributed by atoms with Gasteiger partial charge < -0.3 is 14.4 Å². The van der Waals surface area contributed by atoms with Crippen LogP contribution in [0.2, 0.25) is 0 Å². The lowest BCUT2D eigenvalue weighted by Gasteiger charge is -2.26. The summed E-state index contributed by atoms with van der Waals surface area (Å²) < 4.78 is 15.3. The molecule has 4 aromatic rings. The largest absolute Gasteiger partial charge is 0.493 e. The Kier molecular flexibility index (Phi) is 5.50. The molecule has 166 valence electrons. The molecule has 2 aromatic carbocycles. The van der Waals surface area contributed by atoms with Crippen molar-refractivity contribution in [2.75, 3.05) is 32.2 Å². The van der Waals surface area contributed by atoms with E-state index in [2.05, 4.69) is 31.0 Å². The summed E-state index contributed by atoms with van der Waals surface area (Å²) in [5.74, 6) is 2.58. The zero-order valence-electron chi connectivity index (χ0n) is 18.0. The molecule has 0 radical (unpaired) electrons. The number of halogens is 1. The molecular formula is C23H24BrN5O3. The van der Waals surface area contributed by atoms with E-state index in [0.29, 0.717) is 29.2 Å². The third-order valence-corrected chi connectivity index (χ3v) is 6.47. The van der Waals surface area contributed by atoms with Gasteiger partial charge in [0.2, 0.25) is 11.7 Å². The Morgan fingerprint density at radius 1 is 0.969 bits per heavy atom. The molecule has 0 amide bonds. The summed E-state index contributed by atoms with van der Waals surface area (Å²) in [4.78, 5) is 15.8. The number of nitrogens with zero attached hydrogens (tertiary/aromatic N) is 5. The molecule has 8 nitrogen and oxygen atoms in total. The molecular weight excluding hydrogens is 474 g/mol. The van der Waals surface area contributed by atoms with E-state index < -0.39 is 0 Å². The van der Waals surface area contributed by atoms with E-state index in [0.717, 1.165) is 47.4 Å². The van der Waals surface area contributed by atoms with Gasteiger partial charge in [-0.15, -0.1) is 10.2 Å². The van der Waals surface area contributed by atoms with Crippen LogP contribution < -0.4 is 19.9 Å². The average Bonchev–Trinajstić information content (AvgIpc) is 3.27. The minimum absolute atomic E-state index is 0.110. The number of hydrogen-bond donors (Lipinski definition) is 0. The molecule has 1 aliphatic heterocycles. The molecule has 0 N–H and O–H groups in total. The number of methoxy groups -OCH3 is 2. The van der Waals surface area contributed by atoms with Crippen molar-refractivity contribution in [2.24, 2.45) is 0 Å². The summed E-state index contributed by atoms with van der Waals surface area (Å²) >= 11 is 3.51. The minimum atomic E-state index is -0.110. The molecule has 3 heterocycles. The Bertz CT molecular complexity index is 1360. The highest BCUT2D eigenvalue weighted by atomic mass is 79.9. The lowest BCUT2D eigenvalue weighted by Crippen LogP contribution is -2.32. The highest BCUT2D eigenvalue weighted by Gasteiger charge is 2.22. The Labute approximate surface area is 193 Å². The Morgan fingerprint density at radius 2 is 1.75 bits per heavy atom. The summed E-state index contributed by atoms with van der Waals surface area (Å²) in [6.45, 7) is 2.21. The topological polar surface area (TPSA) is 73.9 Å². The van der Waals surface area contributed by atoms with E-state index in [9.17, 15) is 4.79 Å². The second kappa shape index (κ2) is 8.46. The molecule has 1 saturated heterocycles. The van der Waals surface area contributed by atoms with E-state index in [4.69, 9.17) is 9.47 Å². The standard InChI is InChI=1S/C23H24BrN5O3/c1-31-19-9-6-15(12-20(19)32-2)14-28-21(30)17-13-16(24)7-8-18(17)29-22(25-26-23(28)29)27-10-4-3-5-11-27/h6-9,12-13H,3-5,10-11,14H2,1-2H3. The molecule has 1 fully saturated rings. The third kappa shape index (κ3) is 3.50. The molecule has 1 aliphatic rings. The maximum absolute atomic E-state index is 13.6. The monoisotopic (exact) mass is 497 g/mol. The van der Waals surface area contributed by atoms with Crippen molar-refractivity contribution < 1.29 is 9.47 Å². The third-order valence-electron chi connectivity index (χ3n) is 5.97. The zero-order chi connectivity index (χ0) is 22.2. The van der Waals surface area contributed by atoms with Gasteiger partial charge in [-0.25, -0.2) is 4.40 Å². The van der Waals surface area contributed by atoms with Crippen molar-refractivity contribution >= 4 is 38.6 Å². The summed E-state index contributed by atoms with van der Waals surface area (Å²) in [7, 11) is 3.20. The number of fused-ring (bicyclic) bond motifs is 3. The maximum Gasteiger partial charge on any atom is 0.263 e. The van der Waals surface area contributed by atoms with Crippen LogP contribution in [0.25, 0.3) is 16.7 Å². The molecule has 0 atom stereocenters. The summed E-state index contributed by atoms with van der Waals surface area (Å²) in [5.41, 5.74) is 1.60. The van der Waals surface area contributed by atoms with E-state index in [-0.39, 0.29) is 5.56 Å². The van der Waals surface area contributed by atoms with Gasteiger partial charge in [0.25, 0.3) is 5.56 Å². The first kappa shape index (κ1) is 20.8. The summed E-state index contributed by atoms with van der Waals surface area (Å²) in [6, 6.07) is 11.4. The van der Waals surface area contributed by atoms with Gasteiger partial charge in [0.15, 0.2) is 11.5 Å². The van der Waals surface area contributed by atoms with Gasteiger partial charge in [0.05, 0.1) is 31.7 Å². The number of anilines is 1.